The van der Waals surface area contributed by atoms with Crippen LogP contribution in [0.1, 0.15) is 25.7 Å². The number of hydrogen-bond acceptors (Lipinski definition) is 4. The SMILES string of the molecule is NCC1CCC2(CCC(CN)S2)S1. The van der Waals surface area contributed by atoms with Gasteiger partial charge in [0.15, 0.2) is 0 Å². The van der Waals surface area contributed by atoms with Gasteiger partial charge in [-0.05, 0) is 25.7 Å². The summed E-state index contributed by atoms with van der Waals surface area (Å²) >= 11 is 4.24. The van der Waals surface area contributed by atoms with Crippen LogP contribution in [0.3, 0.4) is 0 Å². The van der Waals surface area contributed by atoms with Crippen molar-refractivity contribution in [1.29, 1.82) is 0 Å². The second-order valence-electron chi connectivity index (χ2n) is 3.94. The predicted octanol–water partition coefficient (Wildman–Crippen LogP) is 1.39. The first-order valence-electron chi connectivity index (χ1n) is 5.04. The monoisotopic (exact) mass is 218 g/mol. The van der Waals surface area contributed by atoms with Crippen molar-refractivity contribution in [3.63, 3.8) is 0 Å². The zero-order chi connectivity index (χ0) is 9.31. The first kappa shape index (κ1) is 10.1. The van der Waals surface area contributed by atoms with Crippen molar-refractivity contribution < 1.29 is 0 Å². The number of thioether (sulfide) groups is 2. The molecule has 0 aromatic rings. The quantitative estimate of drug-likeness (QED) is 0.735. The third-order valence-corrected chi connectivity index (χ3v) is 6.76. The van der Waals surface area contributed by atoms with Crippen LogP contribution in [0, 0.1) is 0 Å². The van der Waals surface area contributed by atoms with Gasteiger partial charge in [-0.1, -0.05) is 0 Å². The van der Waals surface area contributed by atoms with Crippen LogP contribution >= 0.6 is 23.5 Å². The Morgan fingerprint density at radius 2 is 1.46 bits per heavy atom. The normalized spacial score (nSPS) is 44.8. The van der Waals surface area contributed by atoms with Gasteiger partial charge in [-0.15, -0.1) is 23.5 Å². The van der Waals surface area contributed by atoms with Crippen molar-refractivity contribution in [2.75, 3.05) is 13.1 Å². The molecule has 0 bridgehead atoms. The molecule has 4 heteroatoms. The lowest BCUT2D eigenvalue weighted by Crippen LogP contribution is -2.17. The van der Waals surface area contributed by atoms with Crippen molar-refractivity contribution in [2.45, 2.75) is 40.3 Å². The number of nitrogens with two attached hydrogens (primary N) is 2. The van der Waals surface area contributed by atoms with E-state index < -0.39 is 0 Å². The molecule has 2 rings (SSSR count). The van der Waals surface area contributed by atoms with Crippen molar-refractivity contribution in [3.05, 3.63) is 0 Å². The highest BCUT2D eigenvalue weighted by Crippen LogP contribution is 2.58. The van der Waals surface area contributed by atoms with Gasteiger partial charge in [0.2, 0.25) is 0 Å². The van der Waals surface area contributed by atoms with Gasteiger partial charge in [0.05, 0.1) is 4.08 Å². The summed E-state index contributed by atoms with van der Waals surface area (Å²) in [5, 5.41) is 1.42. The molecule has 0 amide bonds. The van der Waals surface area contributed by atoms with Crippen LogP contribution in [0.2, 0.25) is 0 Å². The number of rotatable bonds is 2. The molecule has 2 unspecified atom stereocenters. The topological polar surface area (TPSA) is 52.0 Å². The van der Waals surface area contributed by atoms with E-state index in [1.165, 1.54) is 25.7 Å². The van der Waals surface area contributed by atoms with E-state index in [-0.39, 0.29) is 0 Å². The maximum Gasteiger partial charge on any atom is 0.0618 e. The van der Waals surface area contributed by atoms with Gasteiger partial charge in [-0.3, -0.25) is 0 Å². The maximum atomic E-state index is 5.70. The van der Waals surface area contributed by atoms with Gasteiger partial charge >= 0.3 is 0 Å². The Bertz CT molecular complexity index is 166. The van der Waals surface area contributed by atoms with Gasteiger partial charge in [0.1, 0.15) is 0 Å². The van der Waals surface area contributed by atoms with Crippen LogP contribution in [-0.4, -0.2) is 27.7 Å². The molecule has 1 spiro atoms. The minimum atomic E-state index is 0.508. The second-order valence-corrected chi connectivity index (χ2v) is 7.57. The van der Waals surface area contributed by atoms with Crippen LogP contribution in [0.5, 0.6) is 0 Å². The van der Waals surface area contributed by atoms with Gasteiger partial charge < -0.3 is 11.5 Å². The zero-order valence-electron chi connectivity index (χ0n) is 7.87. The Hall–Kier alpha value is 0.620. The molecule has 2 heterocycles. The highest BCUT2D eigenvalue weighted by molar-refractivity contribution is 8.19. The minimum Gasteiger partial charge on any atom is -0.329 e. The predicted molar refractivity (Wildman–Crippen MR) is 62.1 cm³/mol. The van der Waals surface area contributed by atoms with E-state index >= 15 is 0 Å². The molecule has 0 saturated carbocycles. The van der Waals surface area contributed by atoms with E-state index in [9.17, 15) is 0 Å². The van der Waals surface area contributed by atoms with E-state index in [0.717, 1.165) is 13.1 Å². The third kappa shape index (κ3) is 2.01. The Kier molecular flexibility index (Phi) is 3.13. The fourth-order valence-electron chi connectivity index (χ4n) is 2.21. The molecule has 0 aromatic heterocycles. The smallest absolute Gasteiger partial charge is 0.0618 e. The lowest BCUT2D eigenvalue weighted by molar-refractivity contribution is 0.648. The highest BCUT2D eigenvalue weighted by atomic mass is 32.2. The van der Waals surface area contributed by atoms with E-state index in [4.69, 9.17) is 11.5 Å². The van der Waals surface area contributed by atoms with Crippen LogP contribution in [0.25, 0.3) is 0 Å². The second kappa shape index (κ2) is 4.01. The first-order chi connectivity index (χ1) is 6.28. The minimum absolute atomic E-state index is 0.508. The van der Waals surface area contributed by atoms with E-state index in [1.54, 1.807) is 0 Å². The molecule has 13 heavy (non-hydrogen) atoms. The zero-order valence-corrected chi connectivity index (χ0v) is 9.50. The van der Waals surface area contributed by atoms with Gasteiger partial charge in [-0.25, -0.2) is 0 Å². The van der Waals surface area contributed by atoms with Crippen LogP contribution in [0.4, 0.5) is 0 Å². The molecule has 4 N–H and O–H groups in total. The largest absolute Gasteiger partial charge is 0.329 e. The average molecular weight is 218 g/mol. The molecule has 2 aliphatic heterocycles. The summed E-state index contributed by atoms with van der Waals surface area (Å²) in [6.45, 7) is 1.69. The molecule has 0 aliphatic carbocycles. The molecule has 2 nitrogen and oxygen atoms in total. The van der Waals surface area contributed by atoms with E-state index in [2.05, 4.69) is 23.5 Å². The first-order valence-corrected chi connectivity index (χ1v) is 6.80. The summed E-state index contributed by atoms with van der Waals surface area (Å²) < 4.78 is 0.508. The fourth-order valence-corrected chi connectivity index (χ4v) is 6.07. The van der Waals surface area contributed by atoms with Crippen molar-refractivity contribution in [3.8, 4) is 0 Å². The number of hydrogen-bond donors (Lipinski definition) is 2. The van der Waals surface area contributed by atoms with Gasteiger partial charge in [0, 0.05) is 23.6 Å². The van der Waals surface area contributed by atoms with Gasteiger partial charge in [0.25, 0.3) is 0 Å². The summed E-state index contributed by atoms with van der Waals surface area (Å²) in [5.74, 6) is 0. The third-order valence-electron chi connectivity index (χ3n) is 2.98. The lowest BCUT2D eigenvalue weighted by Gasteiger charge is -2.22. The van der Waals surface area contributed by atoms with Gasteiger partial charge in [-0.2, -0.15) is 0 Å². The summed E-state index contributed by atoms with van der Waals surface area (Å²) in [6.07, 6.45) is 5.32. The Morgan fingerprint density at radius 1 is 1.00 bits per heavy atom. The summed E-state index contributed by atoms with van der Waals surface area (Å²) in [5.41, 5.74) is 11.4. The summed E-state index contributed by atoms with van der Waals surface area (Å²) in [4.78, 5) is 0. The Balaban J connectivity index is 1.93. The highest BCUT2D eigenvalue weighted by Gasteiger charge is 2.45. The summed E-state index contributed by atoms with van der Waals surface area (Å²) in [6, 6.07) is 0. The van der Waals surface area contributed by atoms with Crippen LogP contribution < -0.4 is 11.5 Å². The molecular formula is C9H18N2S2. The van der Waals surface area contributed by atoms with E-state index in [1.807, 2.05) is 0 Å². The van der Waals surface area contributed by atoms with Crippen molar-refractivity contribution >= 4 is 23.5 Å². The molecule has 0 aromatic carbocycles. The fraction of sp³-hybridized carbons (Fsp3) is 1.00. The molecule has 2 saturated heterocycles. The summed E-state index contributed by atoms with van der Waals surface area (Å²) in [7, 11) is 0. The standard InChI is InChI=1S/C9H18N2S2/c10-5-7-1-3-9(12-7)4-2-8(6-11)13-9/h7-8H,1-6,10-11H2. The van der Waals surface area contributed by atoms with Crippen LogP contribution in [-0.2, 0) is 0 Å². The average Bonchev–Trinajstić information content (AvgIpc) is 2.74. The maximum absolute atomic E-state index is 5.70. The molecule has 0 radical (unpaired) electrons. The Morgan fingerprint density at radius 3 is 1.77 bits per heavy atom. The molecule has 76 valence electrons. The van der Waals surface area contributed by atoms with Crippen molar-refractivity contribution in [2.24, 2.45) is 11.5 Å². The van der Waals surface area contributed by atoms with E-state index in [0.29, 0.717) is 14.6 Å². The molecule has 2 fully saturated rings. The lowest BCUT2D eigenvalue weighted by atomic mass is 10.1. The molecule has 2 aliphatic rings. The van der Waals surface area contributed by atoms with Crippen LogP contribution in [0.15, 0.2) is 0 Å². The molecule has 2 atom stereocenters. The van der Waals surface area contributed by atoms with Crippen molar-refractivity contribution in [1.82, 2.24) is 0 Å². The molecular weight excluding hydrogens is 200 g/mol. The Labute approximate surface area is 88.6 Å².